The van der Waals surface area contributed by atoms with Crippen LogP contribution < -0.4 is 0 Å². The predicted molar refractivity (Wildman–Crippen MR) is 96.7 cm³/mol. The van der Waals surface area contributed by atoms with Crippen LogP contribution in [-0.2, 0) is 18.3 Å². The van der Waals surface area contributed by atoms with Gasteiger partial charge >= 0.3 is 15.4 Å². The Kier molecular flexibility index (Phi) is 6.60. The molecule has 10 nitrogen and oxygen atoms in total. The maximum Gasteiger partial charge on any atom is 0.488 e. The number of halogens is 1. The molecule has 2 radical (unpaired) electrons. The van der Waals surface area contributed by atoms with Gasteiger partial charge in [0.1, 0.15) is 31.2 Å². The summed E-state index contributed by atoms with van der Waals surface area (Å²) in [6, 6.07) is 1.95. The molecule has 1 aliphatic rings. The first kappa shape index (κ1) is 20.4. The molecule has 3 rings (SSSR count). The van der Waals surface area contributed by atoms with Crippen LogP contribution in [0, 0.1) is 11.3 Å². The number of fused-ring (bicyclic) bond motifs is 1. The standard InChI is InChI=1S/C14H17BClN5O5P/c1-23-27(15,24-4-2-3-17)25-6-9-5-10(22)14(26-9)21-8-20-11-12(16)18-7-19-13(11)21/h7-10,14,22H,2,4-6H2,1H3/q+1/t9-,10-,14+,27?/m0/s1. The van der Waals surface area contributed by atoms with Gasteiger partial charge in [0.15, 0.2) is 17.0 Å². The molecular weight excluding hydrogens is 395 g/mol. The van der Waals surface area contributed by atoms with Crippen LogP contribution in [0.15, 0.2) is 12.7 Å². The minimum absolute atomic E-state index is 0.0562. The predicted octanol–water partition coefficient (Wildman–Crippen LogP) is 1.57. The van der Waals surface area contributed by atoms with Crippen LogP contribution in [0.4, 0.5) is 0 Å². The Balaban J connectivity index is 1.64. The second-order valence-electron chi connectivity index (χ2n) is 5.70. The Morgan fingerprint density at radius 3 is 3.04 bits per heavy atom. The number of imidazole rings is 1. The highest BCUT2D eigenvalue weighted by molar-refractivity contribution is 7.85. The van der Waals surface area contributed by atoms with Crippen LogP contribution in [0.1, 0.15) is 19.1 Å². The van der Waals surface area contributed by atoms with Crippen molar-refractivity contribution in [2.24, 2.45) is 0 Å². The van der Waals surface area contributed by atoms with Gasteiger partial charge in [0.2, 0.25) is 0 Å². The number of hydrogen-bond acceptors (Lipinski definition) is 9. The summed E-state index contributed by atoms with van der Waals surface area (Å²) in [6.45, 7) is 0.160. The highest BCUT2D eigenvalue weighted by Gasteiger charge is 2.42. The zero-order chi connectivity index (χ0) is 19.4. The van der Waals surface area contributed by atoms with Crippen LogP contribution in [-0.4, -0.2) is 64.7 Å². The molecule has 27 heavy (non-hydrogen) atoms. The van der Waals surface area contributed by atoms with Gasteiger partial charge in [-0.2, -0.15) is 18.8 Å². The molecule has 1 fully saturated rings. The lowest BCUT2D eigenvalue weighted by Crippen LogP contribution is -2.19. The van der Waals surface area contributed by atoms with Gasteiger partial charge < -0.3 is 9.84 Å². The molecule has 0 bridgehead atoms. The topological polar surface area (TPSA) is 125 Å². The maximum atomic E-state index is 10.4. The molecule has 0 aromatic carbocycles. The van der Waals surface area contributed by atoms with E-state index in [0.717, 1.165) is 0 Å². The molecule has 2 aromatic rings. The fourth-order valence-electron chi connectivity index (χ4n) is 2.65. The van der Waals surface area contributed by atoms with Gasteiger partial charge in [0.05, 0.1) is 32.0 Å². The zero-order valence-electron chi connectivity index (χ0n) is 14.4. The summed E-state index contributed by atoms with van der Waals surface area (Å²) in [7, 11) is 4.26. The van der Waals surface area contributed by atoms with Crippen molar-refractivity contribution in [1.29, 1.82) is 5.26 Å². The van der Waals surface area contributed by atoms with E-state index in [2.05, 4.69) is 15.0 Å². The average molecular weight is 413 g/mol. The summed E-state index contributed by atoms with van der Waals surface area (Å²) in [6.07, 6.45) is 1.32. The van der Waals surface area contributed by atoms with Crippen molar-refractivity contribution in [1.82, 2.24) is 19.5 Å². The molecule has 3 heterocycles. The molecule has 1 unspecified atom stereocenters. The smallest absolute Gasteiger partial charge is 0.388 e. The van der Waals surface area contributed by atoms with Gasteiger partial charge in [-0.1, -0.05) is 11.6 Å². The van der Waals surface area contributed by atoms with E-state index in [-0.39, 0.29) is 24.8 Å². The van der Waals surface area contributed by atoms with E-state index < -0.39 is 26.3 Å². The second-order valence-corrected chi connectivity index (χ2v) is 8.02. The second kappa shape index (κ2) is 8.75. The van der Waals surface area contributed by atoms with E-state index in [1.807, 2.05) is 6.07 Å². The number of hydrogen-bond donors (Lipinski definition) is 1. The third-order valence-corrected chi connectivity index (χ3v) is 5.77. The zero-order valence-corrected chi connectivity index (χ0v) is 16.1. The van der Waals surface area contributed by atoms with E-state index in [4.69, 9.17) is 42.7 Å². The van der Waals surface area contributed by atoms with Gasteiger partial charge in [-0.3, -0.25) is 4.57 Å². The highest BCUT2D eigenvalue weighted by atomic mass is 35.5. The molecule has 13 heteroatoms. The Morgan fingerprint density at radius 2 is 2.30 bits per heavy atom. The third-order valence-electron chi connectivity index (χ3n) is 3.93. The van der Waals surface area contributed by atoms with Gasteiger partial charge in [-0.15, -0.1) is 0 Å². The van der Waals surface area contributed by atoms with E-state index in [1.165, 1.54) is 19.8 Å². The van der Waals surface area contributed by atoms with Crippen molar-refractivity contribution >= 4 is 38.2 Å². The number of aliphatic hydroxyl groups is 1. The van der Waals surface area contributed by atoms with Gasteiger partial charge in [-0.25, -0.2) is 15.0 Å². The first-order chi connectivity index (χ1) is 13.0. The molecule has 0 amide bonds. The molecule has 1 N–H and O–H groups in total. The van der Waals surface area contributed by atoms with Crippen LogP contribution >= 0.6 is 19.4 Å². The lowest BCUT2D eigenvalue weighted by atomic mass is 10.2. The molecule has 1 aliphatic heterocycles. The first-order valence-corrected chi connectivity index (χ1v) is 10.0. The fourth-order valence-corrected chi connectivity index (χ4v) is 3.83. The summed E-state index contributed by atoms with van der Waals surface area (Å²) in [5.41, 5.74) is 0.880. The third kappa shape index (κ3) is 4.55. The van der Waals surface area contributed by atoms with Crippen molar-refractivity contribution in [3.63, 3.8) is 0 Å². The quantitative estimate of drug-likeness (QED) is 0.297. The van der Waals surface area contributed by atoms with E-state index >= 15 is 0 Å². The van der Waals surface area contributed by atoms with E-state index in [1.54, 1.807) is 4.57 Å². The molecule has 0 spiro atoms. The number of ether oxygens (including phenoxy) is 1. The lowest BCUT2D eigenvalue weighted by Gasteiger charge is -2.20. The van der Waals surface area contributed by atoms with Crippen molar-refractivity contribution in [3.05, 3.63) is 17.8 Å². The molecule has 4 atom stereocenters. The summed E-state index contributed by atoms with van der Waals surface area (Å²) >= 11 is 6.00. The number of aromatic nitrogens is 4. The monoisotopic (exact) mass is 412 g/mol. The number of nitriles is 1. The summed E-state index contributed by atoms with van der Waals surface area (Å²) in [5, 5.41) is 19.2. The van der Waals surface area contributed by atoms with Crippen molar-refractivity contribution in [3.8, 4) is 6.07 Å². The molecular formula is C14H17BClN5O5P+. The molecule has 0 saturated carbocycles. The number of nitrogens with zero attached hydrogens (tertiary/aromatic N) is 5. The molecule has 2 aromatic heterocycles. The van der Waals surface area contributed by atoms with Gasteiger partial charge in [0, 0.05) is 6.42 Å². The summed E-state index contributed by atoms with van der Waals surface area (Å²) in [4.78, 5) is 12.2. The van der Waals surface area contributed by atoms with Crippen LogP contribution in [0.25, 0.3) is 11.2 Å². The number of rotatable bonds is 8. The maximum absolute atomic E-state index is 10.4. The molecule has 0 aliphatic carbocycles. The minimum Gasteiger partial charge on any atom is -0.388 e. The van der Waals surface area contributed by atoms with Crippen LogP contribution in [0.5, 0.6) is 0 Å². The Morgan fingerprint density at radius 1 is 1.48 bits per heavy atom. The van der Waals surface area contributed by atoms with Gasteiger partial charge in [0.25, 0.3) is 0 Å². The van der Waals surface area contributed by atoms with Crippen molar-refractivity contribution < 1.29 is 23.4 Å². The van der Waals surface area contributed by atoms with E-state index in [0.29, 0.717) is 17.6 Å². The lowest BCUT2D eigenvalue weighted by molar-refractivity contribution is -0.0478. The molecule has 142 valence electrons. The fraction of sp³-hybridized carbons (Fsp3) is 0.571. The summed E-state index contributed by atoms with van der Waals surface area (Å²) in [5.74, 6) is 0. The Bertz CT molecular complexity index is 838. The van der Waals surface area contributed by atoms with E-state index in [9.17, 15) is 5.11 Å². The van der Waals surface area contributed by atoms with Crippen molar-refractivity contribution in [2.75, 3.05) is 20.3 Å². The first-order valence-electron chi connectivity index (χ1n) is 8.03. The van der Waals surface area contributed by atoms with Crippen molar-refractivity contribution in [2.45, 2.75) is 31.3 Å². The van der Waals surface area contributed by atoms with Crippen LogP contribution in [0.2, 0.25) is 5.15 Å². The van der Waals surface area contributed by atoms with Gasteiger partial charge in [-0.05, 0) is 0 Å². The Labute approximate surface area is 162 Å². The minimum atomic E-state index is -3.05. The molecule has 1 saturated heterocycles. The van der Waals surface area contributed by atoms with Crippen LogP contribution in [0.3, 0.4) is 0 Å². The Hall–Kier alpha value is -1.38. The largest absolute Gasteiger partial charge is 0.488 e. The normalized spacial score (nSPS) is 24.7. The summed E-state index contributed by atoms with van der Waals surface area (Å²) < 4.78 is 23.5. The average Bonchev–Trinajstić information content (AvgIpc) is 3.24. The number of aliphatic hydroxyl groups excluding tert-OH is 1. The highest BCUT2D eigenvalue weighted by Crippen LogP contribution is 2.57. The SMILES string of the molecule is [B][P+](OC)(OCCC#N)OC[C@@H]1C[C@H](O)[C@H](n2cnc3c(Cl)ncnc32)O1.